The third-order valence-electron chi connectivity index (χ3n) is 2.13. The molecule has 0 aliphatic heterocycles. The highest BCUT2D eigenvalue weighted by molar-refractivity contribution is 6.19. The van der Waals surface area contributed by atoms with E-state index in [0.717, 1.165) is 31.2 Å². The Morgan fingerprint density at radius 3 is 2.33 bits per heavy atom. The zero-order valence-electron chi connectivity index (χ0n) is 9.28. The van der Waals surface area contributed by atoms with Crippen LogP contribution in [0.5, 0.6) is 0 Å². The highest BCUT2D eigenvalue weighted by atomic mass is 19.4. The monoisotopic (exact) mass is 258 g/mol. The van der Waals surface area contributed by atoms with Crippen molar-refractivity contribution in [2.24, 2.45) is 0 Å². The van der Waals surface area contributed by atoms with Crippen LogP contribution in [0.1, 0.15) is 18.1 Å². The maximum Gasteiger partial charge on any atom is 0.416 e. The molecule has 0 amide bonds. The summed E-state index contributed by atoms with van der Waals surface area (Å²) >= 11 is 0. The van der Waals surface area contributed by atoms with Gasteiger partial charge >= 0.3 is 12.1 Å². The summed E-state index contributed by atoms with van der Waals surface area (Å²) in [5.74, 6) is -2.19. The van der Waals surface area contributed by atoms with E-state index in [1.807, 2.05) is 0 Å². The molecular weight excluding hydrogens is 249 g/mol. The van der Waals surface area contributed by atoms with Crippen molar-refractivity contribution in [2.75, 3.05) is 0 Å². The fourth-order valence-corrected chi connectivity index (χ4v) is 1.29. The van der Waals surface area contributed by atoms with Crippen molar-refractivity contribution in [3.05, 3.63) is 41.0 Å². The molecule has 0 saturated carbocycles. The first-order valence-corrected chi connectivity index (χ1v) is 4.85. The molecule has 0 aliphatic rings. The molecule has 6 heteroatoms. The van der Waals surface area contributed by atoms with Gasteiger partial charge in [-0.25, -0.2) is 4.79 Å². The van der Waals surface area contributed by atoms with Crippen molar-refractivity contribution < 1.29 is 27.9 Å². The molecule has 0 saturated heterocycles. The van der Waals surface area contributed by atoms with E-state index in [2.05, 4.69) is 0 Å². The second-order valence-corrected chi connectivity index (χ2v) is 3.54. The third kappa shape index (κ3) is 3.44. The van der Waals surface area contributed by atoms with Gasteiger partial charge in [0.25, 0.3) is 0 Å². The number of Topliss-reactive ketones (excluding diaryl/α,β-unsaturated/α-hetero) is 1. The van der Waals surface area contributed by atoms with Gasteiger partial charge in [-0.05, 0) is 30.7 Å². The van der Waals surface area contributed by atoms with Crippen molar-refractivity contribution in [2.45, 2.75) is 13.1 Å². The number of halogens is 3. The first kappa shape index (κ1) is 14.0. The Labute approximate surface area is 101 Å². The van der Waals surface area contributed by atoms with Crippen LogP contribution in [0.4, 0.5) is 13.2 Å². The summed E-state index contributed by atoms with van der Waals surface area (Å²) in [4.78, 5) is 21.7. The SMILES string of the molecule is CC(=O)C(=Cc1cccc(C(F)(F)F)c1)C(=O)O. The Balaban J connectivity index is 3.23. The molecule has 0 aliphatic carbocycles. The number of benzene rings is 1. The van der Waals surface area contributed by atoms with Crippen LogP contribution in [0.25, 0.3) is 6.08 Å². The zero-order valence-corrected chi connectivity index (χ0v) is 9.28. The Kier molecular flexibility index (Phi) is 3.90. The number of hydrogen-bond acceptors (Lipinski definition) is 2. The minimum atomic E-state index is -4.51. The Bertz CT molecular complexity index is 500. The quantitative estimate of drug-likeness (QED) is 0.515. The smallest absolute Gasteiger partial charge is 0.416 e. The van der Waals surface area contributed by atoms with Crippen molar-refractivity contribution in [1.82, 2.24) is 0 Å². The summed E-state index contributed by atoms with van der Waals surface area (Å²) in [6.45, 7) is 1.04. The van der Waals surface area contributed by atoms with Crippen LogP contribution in [-0.4, -0.2) is 16.9 Å². The number of ketones is 1. The van der Waals surface area contributed by atoms with Gasteiger partial charge in [0, 0.05) is 0 Å². The van der Waals surface area contributed by atoms with Crippen LogP contribution in [0.2, 0.25) is 0 Å². The molecule has 0 heterocycles. The van der Waals surface area contributed by atoms with E-state index < -0.39 is 29.1 Å². The van der Waals surface area contributed by atoms with Gasteiger partial charge in [0.2, 0.25) is 0 Å². The number of carboxylic acids is 1. The van der Waals surface area contributed by atoms with E-state index in [-0.39, 0.29) is 5.56 Å². The topological polar surface area (TPSA) is 54.4 Å². The average Bonchev–Trinajstić information content (AvgIpc) is 2.24. The lowest BCUT2D eigenvalue weighted by Gasteiger charge is -2.07. The van der Waals surface area contributed by atoms with E-state index in [4.69, 9.17) is 5.11 Å². The molecular formula is C12H9F3O3. The van der Waals surface area contributed by atoms with Crippen molar-refractivity contribution in [3.63, 3.8) is 0 Å². The minimum absolute atomic E-state index is 0.0115. The van der Waals surface area contributed by atoms with Gasteiger partial charge in [-0.1, -0.05) is 12.1 Å². The molecule has 18 heavy (non-hydrogen) atoms. The number of carboxylic acid groups (broad SMARTS) is 1. The molecule has 0 radical (unpaired) electrons. The van der Waals surface area contributed by atoms with Gasteiger partial charge in [0.15, 0.2) is 5.78 Å². The Morgan fingerprint density at radius 1 is 1.28 bits per heavy atom. The molecule has 1 N–H and O–H groups in total. The highest BCUT2D eigenvalue weighted by Gasteiger charge is 2.30. The standard InChI is InChI=1S/C12H9F3O3/c1-7(16)10(11(17)18)6-8-3-2-4-9(5-8)12(13,14)15/h2-6H,1H3,(H,17,18). The zero-order chi connectivity index (χ0) is 13.9. The van der Waals surface area contributed by atoms with Gasteiger partial charge in [-0.15, -0.1) is 0 Å². The number of hydrogen-bond donors (Lipinski definition) is 1. The summed E-state index contributed by atoms with van der Waals surface area (Å²) in [5.41, 5.74) is -1.45. The fraction of sp³-hybridized carbons (Fsp3) is 0.167. The summed E-state index contributed by atoms with van der Waals surface area (Å²) < 4.78 is 37.3. The van der Waals surface area contributed by atoms with E-state index >= 15 is 0 Å². The minimum Gasteiger partial charge on any atom is -0.478 e. The molecule has 0 unspecified atom stereocenters. The van der Waals surface area contributed by atoms with Crippen LogP contribution in [0, 0.1) is 0 Å². The average molecular weight is 258 g/mol. The summed E-state index contributed by atoms with van der Waals surface area (Å²) in [7, 11) is 0. The number of aliphatic carboxylic acids is 1. The van der Waals surface area contributed by atoms with Crippen molar-refractivity contribution in [1.29, 1.82) is 0 Å². The van der Waals surface area contributed by atoms with Crippen LogP contribution < -0.4 is 0 Å². The second kappa shape index (κ2) is 5.03. The first-order chi connectivity index (χ1) is 8.21. The number of alkyl halides is 3. The van der Waals surface area contributed by atoms with Gasteiger partial charge in [0.1, 0.15) is 5.57 Å². The molecule has 96 valence electrons. The Hall–Kier alpha value is -2.11. The molecule has 1 rings (SSSR count). The molecule has 0 spiro atoms. The molecule has 3 nitrogen and oxygen atoms in total. The number of carbonyl (C=O) groups excluding carboxylic acids is 1. The van der Waals surface area contributed by atoms with E-state index in [1.165, 1.54) is 6.07 Å². The molecule has 0 fully saturated rings. The summed E-state index contributed by atoms with van der Waals surface area (Å²) in [6, 6.07) is 4.09. The van der Waals surface area contributed by atoms with Crippen LogP contribution >= 0.6 is 0 Å². The molecule has 1 aromatic carbocycles. The molecule has 0 atom stereocenters. The normalized spacial score (nSPS) is 12.3. The van der Waals surface area contributed by atoms with E-state index in [1.54, 1.807) is 0 Å². The second-order valence-electron chi connectivity index (χ2n) is 3.54. The molecule has 0 bridgehead atoms. The predicted octanol–water partition coefficient (Wildman–Crippen LogP) is 2.76. The van der Waals surface area contributed by atoms with Crippen LogP contribution in [-0.2, 0) is 15.8 Å². The number of carbonyl (C=O) groups is 2. The predicted molar refractivity (Wildman–Crippen MR) is 57.7 cm³/mol. The van der Waals surface area contributed by atoms with Crippen molar-refractivity contribution in [3.8, 4) is 0 Å². The van der Waals surface area contributed by atoms with Crippen LogP contribution in [0.15, 0.2) is 29.8 Å². The lowest BCUT2D eigenvalue weighted by Crippen LogP contribution is -2.09. The highest BCUT2D eigenvalue weighted by Crippen LogP contribution is 2.29. The van der Waals surface area contributed by atoms with Gasteiger partial charge in [0.05, 0.1) is 5.56 Å². The first-order valence-electron chi connectivity index (χ1n) is 4.85. The molecule has 1 aromatic rings. The van der Waals surface area contributed by atoms with E-state index in [9.17, 15) is 22.8 Å². The maximum absolute atomic E-state index is 12.4. The van der Waals surface area contributed by atoms with Gasteiger partial charge in [-0.3, -0.25) is 4.79 Å². The summed E-state index contributed by atoms with van der Waals surface area (Å²) in [5, 5.41) is 8.72. The third-order valence-corrected chi connectivity index (χ3v) is 2.13. The molecule has 0 aromatic heterocycles. The maximum atomic E-state index is 12.4. The van der Waals surface area contributed by atoms with Gasteiger partial charge in [-0.2, -0.15) is 13.2 Å². The lowest BCUT2D eigenvalue weighted by atomic mass is 10.1. The largest absolute Gasteiger partial charge is 0.478 e. The fourth-order valence-electron chi connectivity index (χ4n) is 1.29. The lowest BCUT2D eigenvalue weighted by molar-refractivity contribution is -0.137. The van der Waals surface area contributed by atoms with Gasteiger partial charge < -0.3 is 5.11 Å². The van der Waals surface area contributed by atoms with E-state index in [0.29, 0.717) is 0 Å². The number of rotatable bonds is 3. The summed E-state index contributed by atoms with van der Waals surface area (Å²) in [6.07, 6.45) is -3.59. The van der Waals surface area contributed by atoms with Crippen molar-refractivity contribution >= 4 is 17.8 Å². The van der Waals surface area contributed by atoms with Crippen LogP contribution in [0.3, 0.4) is 0 Å². The Morgan fingerprint density at radius 2 is 1.89 bits per heavy atom.